The van der Waals surface area contributed by atoms with Crippen LogP contribution in [0.2, 0.25) is 0 Å². The monoisotopic (exact) mass is 251 g/mol. The first-order valence-electron chi connectivity index (χ1n) is 6.69. The fourth-order valence-electron chi connectivity index (χ4n) is 2.31. The van der Waals surface area contributed by atoms with Gasteiger partial charge >= 0.3 is 0 Å². The number of benzene rings is 2. The van der Waals surface area contributed by atoms with Crippen molar-refractivity contribution in [2.24, 2.45) is 0 Å². The van der Waals surface area contributed by atoms with E-state index in [2.05, 4.69) is 79.2 Å². The van der Waals surface area contributed by atoms with Gasteiger partial charge in [-0.2, -0.15) is 0 Å². The minimum absolute atomic E-state index is 0.384. The maximum Gasteiger partial charge on any atom is 0.0231 e. The highest BCUT2D eigenvalue weighted by Crippen LogP contribution is 2.18. The highest BCUT2D eigenvalue weighted by molar-refractivity contribution is 5.23. The van der Waals surface area contributed by atoms with Crippen LogP contribution < -0.4 is 0 Å². The van der Waals surface area contributed by atoms with Crippen LogP contribution in [0.5, 0.6) is 0 Å². The lowest BCUT2D eigenvalue weighted by Gasteiger charge is -2.22. The summed E-state index contributed by atoms with van der Waals surface area (Å²) in [5.74, 6) is 0.384. The molecule has 2 aromatic rings. The first-order valence-corrected chi connectivity index (χ1v) is 6.69. The molecule has 1 heteroatoms. The molecule has 0 amide bonds. The van der Waals surface area contributed by atoms with Gasteiger partial charge < -0.3 is 4.90 Å². The molecule has 0 aromatic heterocycles. The Bertz CT molecular complexity index is 490. The van der Waals surface area contributed by atoms with Gasteiger partial charge in [0.25, 0.3) is 0 Å². The van der Waals surface area contributed by atoms with Crippen LogP contribution in [0.1, 0.15) is 17.0 Å². The first kappa shape index (κ1) is 13.6. The molecule has 2 aromatic carbocycles. The van der Waals surface area contributed by atoms with Gasteiger partial charge in [0, 0.05) is 19.0 Å². The van der Waals surface area contributed by atoms with Crippen molar-refractivity contribution in [3.63, 3.8) is 0 Å². The topological polar surface area (TPSA) is 3.24 Å². The van der Waals surface area contributed by atoms with E-state index < -0.39 is 0 Å². The van der Waals surface area contributed by atoms with Crippen molar-refractivity contribution in [1.82, 2.24) is 4.90 Å². The summed E-state index contributed by atoms with van der Waals surface area (Å²) in [5.41, 5.74) is 2.68. The highest BCUT2D eigenvalue weighted by Gasteiger charge is 2.10. The summed E-state index contributed by atoms with van der Waals surface area (Å²) in [4.78, 5) is 2.34. The number of nitrogens with zero attached hydrogens (tertiary/aromatic N) is 1. The van der Waals surface area contributed by atoms with E-state index in [-0.39, 0.29) is 0 Å². The zero-order valence-electron chi connectivity index (χ0n) is 11.5. The summed E-state index contributed by atoms with van der Waals surface area (Å²) >= 11 is 0. The van der Waals surface area contributed by atoms with Crippen molar-refractivity contribution in [1.29, 1.82) is 0 Å². The van der Waals surface area contributed by atoms with Crippen LogP contribution in [0, 0.1) is 0 Å². The van der Waals surface area contributed by atoms with Crippen molar-refractivity contribution in [3.8, 4) is 0 Å². The summed E-state index contributed by atoms with van der Waals surface area (Å²) in [5, 5.41) is 0. The first-order chi connectivity index (χ1) is 9.29. The maximum absolute atomic E-state index is 3.97. The molecule has 1 nitrogen and oxygen atoms in total. The van der Waals surface area contributed by atoms with Crippen molar-refractivity contribution in [2.45, 2.75) is 12.5 Å². The largest absolute Gasteiger partial charge is 0.301 e. The van der Waals surface area contributed by atoms with Gasteiger partial charge in [0.15, 0.2) is 0 Å². The van der Waals surface area contributed by atoms with E-state index in [1.807, 2.05) is 6.08 Å². The van der Waals surface area contributed by atoms with Gasteiger partial charge in [0.1, 0.15) is 0 Å². The van der Waals surface area contributed by atoms with Gasteiger partial charge in [-0.15, -0.1) is 6.58 Å². The van der Waals surface area contributed by atoms with Gasteiger partial charge in [-0.1, -0.05) is 66.7 Å². The standard InChI is InChI=1S/C18H21N/c1-3-17(18-12-8-5-9-13-18)15-19(2)14-16-10-6-4-7-11-16/h3-13,17H,1,14-15H2,2H3. The normalized spacial score (nSPS) is 12.3. The average molecular weight is 251 g/mol. The molecule has 0 N–H and O–H groups in total. The minimum atomic E-state index is 0.384. The fraction of sp³-hybridized carbons (Fsp3) is 0.222. The molecular formula is C18H21N. The van der Waals surface area contributed by atoms with E-state index in [0.717, 1.165) is 13.1 Å². The molecule has 0 fully saturated rings. The van der Waals surface area contributed by atoms with E-state index >= 15 is 0 Å². The summed E-state index contributed by atoms with van der Waals surface area (Å²) < 4.78 is 0. The van der Waals surface area contributed by atoms with Crippen molar-refractivity contribution >= 4 is 0 Å². The van der Waals surface area contributed by atoms with Gasteiger partial charge in [-0.25, -0.2) is 0 Å². The third-order valence-corrected chi connectivity index (χ3v) is 3.32. The smallest absolute Gasteiger partial charge is 0.0231 e. The summed E-state index contributed by atoms with van der Waals surface area (Å²) in [6, 6.07) is 21.1. The third kappa shape index (κ3) is 4.08. The number of hydrogen-bond donors (Lipinski definition) is 0. The Morgan fingerprint density at radius 3 is 2.16 bits per heavy atom. The van der Waals surface area contributed by atoms with Crippen molar-refractivity contribution in [3.05, 3.63) is 84.4 Å². The van der Waals surface area contributed by atoms with E-state index in [1.165, 1.54) is 11.1 Å². The van der Waals surface area contributed by atoms with E-state index in [4.69, 9.17) is 0 Å². The van der Waals surface area contributed by atoms with Crippen LogP contribution in [0.4, 0.5) is 0 Å². The molecule has 0 aliphatic carbocycles. The van der Waals surface area contributed by atoms with Crippen molar-refractivity contribution < 1.29 is 0 Å². The van der Waals surface area contributed by atoms with E-state index in [9.17, 15) is 0 Å². The minimum Gasteiger partial charge on any atom is -0.301 e. The lowest BCUT2D eigenvalue weighted by molar-refractivity contribution is 0.318. The molecule has 98 valence electrons. The van der Waals surface area contributed by atoms with Crippen LogP contribution >= 0.6 is 0 Å². The van der Waals surface area contributed by atoms with Crippen LogP contribution in [-0.2, 0) is 6.54 Å². The second-order valence-electron chi connectivity index (χ2n) is 4.94. The molecule has 0 saturated carbocycles. The second kappa shape index (κ2) is 6.91. The molecule has 0 heterocycles. The Morgan fingerprint density at radius 2 is 1.58 bits per heavy atom. The lowest BCUT2D eigenvalue weighted by Crippen LogP contribution is -2.23. The Morgan fingerprint density at radius 1 is 1.00 bits per heavy atom. The SMILES string of the molecule is C=CC(CN(C)Cc1ccccc1)c1ccccc1. The van der Waals surface area contributed by atoms with Gasteiger partial charge in [0.05, 0.1) is 0 Å². The zero-order valence-corrected chi connectivity index (χ0v) is 11.5. The van der Waals surface area contributed by atoms with Crippen molar-refractivity contribution in [2.75, 3.05) is 13.6 Å². The molecular weight excluding hydrogens is 230 g/mol. The van der Waals surface area contributed by atoms with Crippen LogP contribution in [0.25, 0.3) is 0 Å². The van der Waals surface area contributed by atoms with Gasteiger partial charge in [-0.3, -0.25) is 0 Å². The molecule has 0 aliphatic heterocycles. The highest BCUT2D eigenvalue weighted by atomic mass is 15.1. The fourth-order valence-corrected chi connectivity index (χ4v) is 2.31. The predicted molar refractivity (Wildman–Crippen MR) is 82.2 cm³/mol. The molecule has 0 spiro atoms. The van der Waals surface area contributed by atoms with Crippen LogP contribution in [0.15, 0.2) is 73.3 Å². The molecule has 0 aliphatic rings. The molecule has 2 rings (SSSR count). The molecule has 0 saturated heterocycles. The zero-order chi connectivity index (χ0) is 13.5. The molecule has 1 atom stereocenters. The van der Waals surface area contributed by atoms with Gasteiger partial charge in [0.2, 0.25) is 0 Å². The maximum atomic E-state index is 3.97. The van der Waals surface area contributed by atoms with E-state index in [1.54, 1.807) is 0 Å². The molecule has 0 radical (unpaired) electrons. The quantitative estimate of drug-likeness (QED) is 0.699. The average Bonchev–Trinajstić information content (AvgIpc) is 2.47. The third-order valence-electron chi connectivity index (χ3n) is 3.32. The Hall–Kier alpha value is -1.86. The van der Waals surface area contributed by atoms with Crippen LogP contribution in [0.3, 0.4) is 0 Å². The lowest BCUT2D eigenvalue weighted by atomic mass is 9.98. The van der Waals surface area contributed by atoms with Gasteiger partial charge in [-0.05, 0) is 18.2 Å². The Balaban J connectivity index is 1.97. The summed E-state index contributed by atoms with van der Waals surface area (Å²) in [6.07, 6.45) is 2.04. The molecule has 19 heavy (non-hydrogen) atoms. The number of likely N-dealkylation sites (N-methyl/N-ethyl adjacent to an activating group) is 1. The Kier molecular flexibility index (Phi) is 4.93. The summed E-state index contributed by atoms with van der Waals surface area (Å²) in [7, 11) is 2.16. The summed E-state index contributed by atoms with van der Waals surface area (Å²) in [6.45, 7) is 5.93. The second-order valence-corrected chi connectivity index (χ2v) is 4.94. The Labute approximate surface area is 116 Å². The van der Waals surface area contributed by atoms with Crippen LogP contribution in [-0.4, -0.2) is 18.5 Å². The number of hydrogen-bond acceptors (Lipinski definition) is 1. The molecule has 1 unspecified atom stereocenters. The molecule has 0 bridgehead atoms. The predicted octanol–water partition coefficient (Wildman–Crippen LogP) is 4.09. The van der Waals surface area contributed by atoms with E-state index in [0.29, 0.717) is 5.92 Å². The number of rotatable bonds is 6.